The number of carbonyl (C=O) groups is 6. The SMILES string of the molecule is C=CCNC(=O)C(=O)C(CCC)NC(=O)[C@@H]1[C@@H]2[C@H](CN1C(=O)[C@@H](NC(=O)N[C@@H](CN1CC3CCC(C3)C1=O)C(C)(C)C)C(C)(C)C)C2(C)C. The molecule has 2 aliphatic heterocycles. The molecule has 0 spiro atoms. The normalized spacial score (nSPS) is 27.4. The van der Waals surface area contributed by atoms with Crippen molar-refractivity contribution in [2.75, 3.05) is 26.2 Å². The molecule has 0 radical (unpaired) electrons. The first-order chi connectivity index (χ1) is 22.7. The van der Waals surface area contributed by atoms with Crippen LogP contribution in [-0.2, 0) is 24.0 Å². The molecule has 12 heteroatoms. The van der Waals surface area contributed by atoms with Crippen molar-refractivity contribution < 1.29 is 28.8 Å². The zero-order chi connectivity index (χ0) is 36.6. The molecular weight excluding hydrogens is 624 g/mol. The number of piperidine rings is 2. The first-order valence-corrected chi connectivity index (χ1v) is 18.1. The van der Waals surface area contributed by atoms with E-state index in [1.54, 1.807) is 4.90 Å². The van der Waals surface area contributed by atoms with Crippen LogP contribution in [0.2, 0.25) is 0 Å². The topological polar surface area (TPSA) is 157 Å². The Morgan fingerprint density at radius 2 is 1.65 bits per heavy atom. The van der Waals surface area contributed by atoms with Crippen LogP contribution in [0.3, 0.4) is 0 Å². The van der Waals surface area contributed by atoms with Crippen LogP contribution >= 0.6 is 0 Å². The van der Waals surface area contributed by atoms with Gasteiger partial charge in [-0.1, -0.05) is 74.8 Å². The average Bonchev–Trinajstić information content (AvgIpc) is 3.35. The van der Waals surface area contributed by atoms with Gasteiger partial charge < -0.3 is 31.1 Å². The number of Topliss-reactive ketones (excluding diaryl/α,β-unsaturated/α-hetero) is 1. The van der Waals surface area contributed by atoms with Crippen molar-refractivity contribution in [2.45, 2.75) is 119 Å². The average molecular weight is 685 g/mol. The molecule has 49 heavy (non-hydrogen) atoms. The van der Waals surface area contributed by atoms with Gasteiger partial charge in [0.15, 0.2) is 0 Å². The van der Waals surface area contributed by atoms with Gasteiger partial charge in [0.2, 0.25) is 23.5 Å². The summed E-state index contributed by atoms with van der Waals surface area (Å²) in [6.07, 6.45) is 5.25. The van der Waals surface area contributed by atoms with Crippen molar-refractivity contribution in [1.82, 2.24) is 31.1 Å². The Morgan fingerprint density at radius 1 is 0.980 bits per heavy atom. The minimum absolute atomic E-state index is 0.0719. The number of ketones is 1. The Bertz CT molecular complexity index is 1330. The fraction of sp³-hybridized carbons (Fsp3) is 0.784. The number of fused-ring (bicyclic) bond motifs is 3. The van der Waals surface area contributed by atoms with E-state index in [1.165, 1.54) is 6.08 Å². The van der Waals surface area contributed by atoms with Crippen molar-refractivity contribution in [1.29, 1.82) is 0 Å². The summed E-state index contributed by atoms with van der Waals surface area (Å²) in [5.74, 6) is -1.68. The molecule has 0 aromatic carbocycles. The van der Waals surface area contributed by atoms with Crippen molar-refractivity contribution in [3.05, 3.63) is 12.7 Å². The molecule has 2 heterocycles. The second kappa shape index (κ2) is 14.4. The highest BCUT2D eigenvalue weighted by molar-refractivity contribution is 6.38. The minimum Gasteiger partial charge on any atom is -0.346 e. The van der Waals surface area contributed by atoms with Gasteiger partial charge in [-0.05, 0) is 59.7 Å². The lowest BCUT2D eigenvalue weighted by molar-refractivity contribution is -0.145. The maximum Gasteiger partial charge on any atom is 0.315 e. The molecule has 8 atom stereocenters. The second-order valence-electron chi connectivity index (χ2n) is 17.6. The Hall–Kier alpha value is -3.44. The van der Waals surface area contributed by atoms with Gasteiger partial charge >= 0.3 is 6.03 Å². The smallest absolute Gasteiger partial charge is 0.315 e. The third-order valence-electron chi connectivity index (χ3n) is 11.4. The zero-order valence-corrected chi connectivity index (χ0v) is 31.1. The van der Waals surface area contributed by atoms with Gasteiger partial charge in [-0.2, -0.15) is 0 Å². The van der Waals surface area contributed by atoms with E-state index in [4.69, 9.17) is 0 Å². The van der Waals surface area contributed by atoms with Crippen molar-refractivity contribution in [3.63, 3.8) is 0 Å². The molecule has 274 valence electrons. The molecular formula is C37H60N6O6. The lowest BCUT2D eigenvalue weighted by Gasteiger charge is -2.40. The van der Waals surface area contributed by atoms with Gasteiger partial charge in [-0.25, -0.2) is 4.79 Å². The molecule has 0 aromatic heterocycles. The highest BCUT2D eigenvalue weighted by atomic mass is 16.2. The standard InChI is InChI=1S/C37H60N6O6/c1-11-13-24(28(44)31(46)38-16-12-2)39-30(45)27-26-23(37(26,9)10)19-43(27)33(48)29(36(6,7)8)41-34(49)40-25(35(3,4)5)20-42-18-21-14-15-22(17-21)32(42)47/h12,21-27,29H,2,11,13-20H2,1,3-10H3,(H,38,46)(H,39,45)(H2,40,41,49)/t21?,22?,23-,24?,25-,26-,27-,29+/m0/s1. The number of nitrogens with one attached hydrogen (secondary N) is 4. The summed E-state index contributed by atoms with van der Waals surface area (Å²) in [7, 11) is 0. The van der Waals surface area contributed by atoms with E-state index in [0.717, 1.165) is 19.3 Å². The van der Waals surface area contributed by atoms with Gasteiger partial charge in [0, 0.05) is 32.1 Å². The third-order valence-corrected chi connectivity index (χ3v) is 11.4. The summed E-state index contributed by atoms with van der Waals surface area (Å²) >= 11 is 0. The summed E-state index contributed by atoms with van der Waals surface area (Å²) in [4.78, 5) is 84.2. The van der Waals surface area contributed by atoms with Crippen LogP contribution in [0.1, 0.15) is 94.4 Å². The highest BCUT2D eigenvalue weighted by Gasteiger charge is 2.70. The molecule has 2 saturated carbocycles. The Balaban J connectivity index is 1.50. The van der Waals surface area contributed by atoms with Crippen LogP contribution in [0.15, 0.2) is 12.7 Å². The van der Waals surface area contributed by atoms with Gasteiger partial charge in [0.25, 0.3) is 5.91 Å². The van der Waals surface area contributed by atoms with Gasteiger partial charge in [-0.3, -0.25) is 24.0 Å². The Kier molecular flexibility index (Phi) is 11.3. The molecule has 2 bridgehead atoms. The number of urea groups is 1. The molecule has 4 aliphatic rings. The number of amides is 6. The summed E-state index contributed by atoms with van der Waals surface area (Å²) in [6.45, 7) is 22.8. The van der Waals surface area contributed by atoms with E-state index < -0.39 is 47.2 Å². The van der Waals surface area contributed by atoms with E-state index in [0.29, 0.717) is 32.0 Å². The molecule has 6 amide bonds. The molecule has 2 aliphatic carbocycles. The first-order valence-electron chi connectivity index (χ1n) is 18.1. The third kappa shape index (κ3) is 8.31. The zero-order valence-electron chi connectivity index (χ0n) is 31.1. The van der Waals surface area contributed by atoms with E-state index in [9.17, 15) is 28.8 Å². The summed E-state index contributed by atoms with van der Waals surface area (Å²) < 4.78 is 0. The van der Waals surface area contributed by atoms with Crippen molar-refractivity contribution in [2.24, 2.45) is 39.9 Å². The van der Waals surface area contributed by atoms with E-state index in [-0.39, 0.29) is 59.4 Å². The number of hydrogen-bond acceptors (Lipinski definition) is 6. The van der Waals surface area contributed by atoms with Crippen LogP contribution in [0.25, 0.3) is 0 Å². The maximum atomic E-state index is 14.4. The molecule has 2 saturated heterocycles. The Labute approximate surface area is 292 Å². The maximum absolute atomic E-state index is 14.4. The number of likely N-dealkylation sites (tertiary alicyclic amines) is 2. The molecule has 12 nitrogen and oxygen atoms in total. The predicted octanol–water partition coefficient (Wildman–Crippen LogP) is 3.01. The largest absolute Gasteiger partial charge is 0.346 e. The predicted molar refractivity (Wildman–Crippen MR) is 187 cm³/mol. The van der Waals surface area contributed by atoms with Gasteiger partial charge in [-0.15, -0.1) is 6.58 Å². The lowest BCUT2D eigenvalue weighted by atomic mass is 9.84. The number of rotatable bonds is 13. The Morgan fingerprint density at radius 3 is 2.24 bits per heavy atom. The summed E-state index contributed by atoms with van der Waals surface area (Å²) in [6, 6.07) is -3.72. The van der Waals surface area contributed by atoms with Crippen molar-refractivity contribution in [3.8, 4) is 0 Å². The monoisotopic (exact) mass is 684 g/mol. The van der Waals surface area contributed by atoms with Crippen molar-refractivity contribution >= 4 is 35.4 Å². The van der Waals surface area contributed by atoms with Crippen LogP contribution in [0, 0.1) is 39.9 Å². The molecule has 4 N–H and O–H groups in total. The van der Waals surface area contributed by atoms with E-state index >= 15 is 0 Å². The van der Waals surface area contributed by atoms with Crippen LogP contribution in [-0.4, -0.2) is 95.6 Å². The lowest BCUT2D eigenvalue weighted by Crippen LogP contribution is -2.63. The molecule has 4 fully saturated rings. The fourth-order valence-electron chi connectivity index (χ4n) is 8.23. The number of carbonyl (C=O) groups excluding carboxylic acids is 6. The van der Waals surface area contributed by atoms with E-state index in [1.807, 2.05) is 53.4 Å². The fourth-order valence-corrected chi connectivity index (χ4v) is 8.23. The van der Waals surface area contributed by atoms with Crippen LogP contribution in [0.4, 0.5) is 4.79 Å². The molecule has 0 aromatic rings. The second-order valence-corrected chi connectivity index (χ2v) is 17.6. The summed E-state index contributed by atoms with van der Waals surface area (Å²) in [5, 5.41) is 11.3. The molecule has 4 rings (SSSR count). The highest BCUT2D eigenvalue weighted by Crippen LogP contribution is 2.65. The van der Waals surface area contributed by atoms with Gasteiger partial charge in [0.1, 0.15) is 12.1 Å². The quantitative estimate of drug-likeness (QED) is 0.173. The van der Waals surface area contributed by atoms with E-state index in [2.05, 4.69) is 41.7 Å². The number of nitrogens with zero attached hydrogens (tertiary/aromatic N) is 2. The minimum atomic E-state index is -1.03. The number of hydrogen-bond donors (Lipinski definition) is 4. The first kappa shape index (κ1) is 38.4. The van der Waals surface area contributed by atoms with Gasteiger partial charge in [0.05, 0.1) is 12.1 Å². The van der Waals surface area contributed by atoms with Crippen LogP contribution in [0.5, 0.6) is 0 Å². The molecule has 3 unspecified atom stereocenters. The van der Waals surface area contributed by atoms with Crippen LogP contribution < -0.4 is 21.3 Å². The summed E-state index contributed by atoms with van der Waals surface area (Å²) in [5.41, 5.74) is -1.26.